The molecule has 1 fully saturated rings. The fraction of sp³-hybridized carbons (Fsp3) is 0.727. The Balaban J connectivity index is 2.04. The maximum absolute atomic E-state index is 4.25. The van der Waals surface area contributed by atoms with E-state index in [4.69, 9.17) is 0 Å². The molecule has 0 radical (unpaired) electrons. The third-order valence-electron chi connectivity index (χ3n) is 3.12. The number of imidazole rings is 1. The second-order valence-corrected chi connectivity index (χ2v) is 4.10. The van der Waals surface area contributed by atoms with Gasteiger partial charge in [-0.1, -0.05) is 12.8 Å². The largest absolute Gasteiger partial charge is 0.333 e. The SMILES string of the molecule is CNCCn1cncc1C1CCCC1. The van der Waals surface area contributed by atoms with E-state index in [-0.39, 0.29) is 0 Å². The lowest BCUT2D eigenvalue weighted by Crippen LogP contribution is -2.16. The predicted octanol–water partition coefficient (Wildman–Crippen LogP) is 1.76. The van der Waals surface area contributed by atoms with Crippen molar-refractivity contribution in [2.24, 2.45) is 0 Å². The minimum absolute atomic E-state index is 0.773. The third kappa shape index (κ3) is 1.98. The molecule has 0 unspecified atom stereocenters. The van der Waals surface area contributed by atoms with E-state index in [0.717, 1.165) is 19.0 Å². The zero-order valence-corrected chi connectivity index (χ0v) is 8.87. The maximum atomic E-state index is 4.25. The molecular weight excluding hydrogens is 174 g/mol. The molecule has 0 aromatic carbocycles. The summed E-state index contributed by atoms with van der Waals surface area (Å²) in [6, 6.07) is 0. The van der Waals surface area contributed by atoms with E-state index in [1.54, 1.807) is 0 Å². The molecule has 0 spiro atoms. The first-order chi connectivity index (χ1) is 6.92. The lowest BCUT2D eigenvalue weighted by Gasteiger charge is -2.12. The summed E-state index contributed by atoms with van der Waals surface area (Å²) in [6.45, 7) is 2.07. The average molecular weight is 193 g/mol. The third-order valence-corrected chi connectivity index (χ3v) is 3.12. The number of hydrogen-bond donors (Lipinski definition) is 1. The highest BCUT2D eigenvalue weighted by Gasteiger charge is 2.19. The summed E-state index contributed by atoms with van der Waals surface area (Å²) < 4.78 is 2.30. The van der Waals surface area contributed by atoms with E-state index in [9.17, 15) is 0 Å². The molecule has 0 bridgehead atoms. The highest BCUT2D eigenvalue weighted by Crippen LogP contribution is 2.33. The summed E-state index contributed by atoms with van der Waals surface area (Å²) in [5, 5.41) is 3.18. The molecule has 2 rings (SSSR count). The van der Waals surface area contributed by atoms with E-state index < -0.39 is 0 Å². The maximum Gasteiger partial charge on any atom is 0.0948 e. The molecule has 0 saturated heterocycles. The summed E-state index contributed by atoms with van der Waals surface area (Å²) in [6.07, 6.45) is 9.50. The van der Waals surface area contributed by atoms with Gasteiger partial charge in [0, 0.05) is 30.9 Å². The second kappa shape index (κ2) is 4.60. The van der Waals surface area contributed by atoms with Crippen molar-refractivity contribution in [2.45, 2.75) is 38.1 Å². The van der Waals surface area contributed by atoms with Gasteiger partial charge in [-0.05, 0) is 19.9 Å². The number of hydrogen-bond acceptors (Lipinski definition) is 2. The summed E-state index contributed by atoms with van der Waals surface area (Å²) in [5.74, 6) is 0.773. The molecule has 0 aliphatic heterocycles. The Morgan fingerprint density at radius 3 is 3.00 bits per heavy atom. The van der Waals surface area contributed by atoms with Gasteiger partial charge in [0.15, 0.2) is 0 Å². The zero-order chi connectivity index (χ0) is 9.80. The van der Waals surface area contributed by atoms with Gasteiger partial charge in [0.25, 0.3) is 0 Å². The smallest absolute Gasteiger partial charge is 0.0948 e. The first kappa shape index (κ1) is 9.71. The molecule has 14 heavy (non-hydrogen) atoms. The first-order valence-electron chi connectivity index (χ1n) is 5.56. The van der Waals surface area contributed by atoms with Gasteiger partial charge in [0.05, 0.1) is 6.33 Å². The van der Waals surface area contributed by atoms with Crippen molar-refractivity contribution in [3.8, 4) is 0 Å². The van der Waals surface area contributed by atoms with Crippen molar-refractivity contribution >= 4 is 0 Å². The molecular formula is C11H19N3. The van der Waals surface area contributed by atoms with Crippen LogP contribution in [0.5, 0.6) is 0 Å². The van der Waals surface area contributed by atoms with Gasteiger partial charge in [-0.15, -0.1) is 0 Å². The number of likely N-dealkylation sites (N-methyl/N-ethyl adjacent to an activating group) is 1. The molecule has 1 aliphatic carbocycles. The van der Waals surface area contributed by atoms with Crippen molar-refractivity contribution in [1.29, 1.82) is 0 Å². The van der Waals surface area contributed by atoms with Gasteiger partial charge in [-0.2, -0.15) is 0 Å². The van der Waals surface area contributed by atoms with E-state index in [2.05, 4.69) is 14.9 Å². The second-order valence-electron chi connectivity index (χ2n) is 4.10. The van der Waals surface area contributed by atoms with Crippen LogP contribution in [0.2, 0.25) is 0 Å². The van der Waals surface area contributed by atoms with Gasteiger partial charge in [0.1, 0.15) is 0 Å². The molecule has 0 atom stereocenters. The molecule has 1 aromatic heterocycles. The van der Waals surface area contributed by atoms with Gasteiger partial charge < -0.3 is 9.88 Å². The predicted molar refractivity (Wildman–Crippen MR) is 57.4 cm³/mol. The highest BCUT2D eigenvalue weighted by molar-refractivity contribution is 5.08. The van der Waals surface area contributed by atoms with Gasteiger partial charge >= 0.3 is 0 Å². The molecule has 1 aliphatic rings. The lowest BCUT2D eigenvalue weighted by molar-refractivity contribution is 0.579. The van der Waals surface area contributed by atoms with Crippen LogP contribution >= 0.6 is 0 Å². The first-order valence-corrected chi connectivity index (χ1v) is 5.56. The van der Waals surface area contributed by atoms with E-state index in [1.807, 2.05) is 19.6 Å². The molecule has 3 heteroatoms. The van der Waals surface area contributed by atoms with Crippen LogP contribution in [0.15, 0.2) is 12.5 Å². The molecule has 1 heterocycles. The molecule has 1 N–H and O–H groups in total. The normalized spacial score (nSPS) is 17.8. The molecule has 78 valence electrons. The number of aromatic nitrogens is 2. The van der Waals surface area contributed by atoms with Gasteiger partial charge in [-0.3, -0.25) is 0 Å². The number of nitrogens with zero attached hydrogens (tertiary/aromatic N) is 2. The van der Waals surface area contributed by atoms with Crippen molar-refractivity contribution in [3.63, 3.8) is 0 Å². The lowest BCUT2D eigenvalue weighted by atomic mass is 10.1. The fourth-order valence-electron chi connectivity index (χ4n) is 2.31. The Hall–Kier alpha value is -0.830. The van der Waals surface area contributed by atoms with E-state index >= 15 is 0 Å². The van der Waals surface area contributed by atoms with E-state index in [0.29, 0.717) is 0 Å². The van der Waals surface area contributed by atoms with Gasteiger partial charge in [-0.25, -0.2) is 4.98 Å². The van der Waals surface area contributed by atoms with Crippen molar-refractivity contribution < 1.29 is 0 Å². The number of nitrogens with one attached hydrogen (secondary N) is 1. The Morgan fingerprint density at radius 1 is 1.50 bits per heavy atom. The van der Waals surface area contributed by atoms with Crippen molar-refractivity contribution in [1.82, 2.24) is 14.9 Å². The van der Waals surface area contributed by atoms with Crippen LogP contribution in [0, 0.1) is 0 Å². The zero-order valence-electron chi connectivity index (χ0n) is 8.87. The number of rotatable bonds is 4. The van der Waals surface area contributed by atoms with Crippen LogP contribution in [0.25, 0.3) is 0 Å². The van der Waals surface area contributed by atoms with Crippen LogP contribution in [0.4, 0.5) is 0 Å². The molecule has 3 nitrogen and oxygen atoms in total. The van der Waals surface area contributed by atoms with E-state index in [1.165, 1.54) is 31.4 Å². The van der Waals surface area contributed by atoms with Crippen LogP contribution in [0.3, 0.4) is 0 Å². The minimum atomic E-state index is 0.773. The standard InChI is InChI=1S/C11H19N3/c1-12-6-7-14-9-13-8-11(14)10-4-2-3-5-10/h8-10,12H,2-7H2,1H3. The highest BCUT2D eigenvalue weighted by atomic mass is 15.1. The van der Waals surface area contributed by atoms with Crippen LogP contribution in [0.1, 0.15) is 37.3 Å². The fourth-order valence-corrected chi connectivity index (χ4v) is 2.31. The topological polar surface area (TPSA) is 29.9 Å². The Bertz CT molecular complexity index is 274. The van der Waals surface area contributed by atoms with Crippen molar-refractivity contribution in [2.75, 3.05) is 13.6 Å². The summed E-state index contributed by atoms with van der Waals surface area (Å²) in [5.41, 5.74) is 1.44. The molecule has 0 amide bonds. The summed E-state index contributed by atoms with van der Waals surface area (Å²) in [7, 11) is 1.99. The van der Waals surface area contributed by atoms with Gasteiger partial charge in [0.2, 0.25) is 0 Å². The minimum Gasteiger partial charge on any atom is -0.333 e. The Kier molecular flexibility index (Phi) is 3.19. The summed E-state index contributed by atoms with van der Waals surface area (Å²) in [4.78, 5) is 4.25. The van der Waals surface area contributed by atoms with Crippen LogP contribution in [-0.4, -0.2) is 23.1 Å². The van der Waals surface area contributed by atoms with Crippen LogP contribution in [-0.2, 0) is 6.54 Å². The average Bonchev–Trinajstić information content (AvgIpc) is 2.84. The molecule has 1 aromatic rings. The monoisotopic (exact) mass is 193 g/mol. The van der Waals surface area contributed by atoms with Crippen LogP contribution < -0.4 is 5.32 Å². The Labute approximate surface area is 85.5 Å². The van der Waals surface area contributed by atoms with Crippen molar-refractivity contribution in [3.05, 3.63) is 18.2 Å². The quantitative estimate of drug-likeness (QED) is 0.789. The molecule has 1 saturated carbocycles. The Morgan fingerprint density at radius 2 is 2.29 bits per heavy atom. The summed E-state index contributed by atoms with van der Waals surface area (Å²) >= 11 is 0.